The first-order valence-electron chi connectivity index (χ1n) is 15.1. The van der Waals surface area contributed by atoms with Crippen LogP contribution in [0.25, 0.3) is 11.1 Å². The molecule has 1 saturated heterocycles. The number of hydrogen-bond donors (Lipinski definition) is 2. The molecule has 0 radical (unpaired) electrons. The molecule has 1 fully saturated rings. The number of hydrogen-bond acceptors (Lipinski definition) is 7. The molecule has 2 aromatic carbocycles. The second kappa shape index (κ2) is 11.9. The molecule has 6 rings (SSSR count). The number of carbonyl (C=O) groups is 1. The van der Waals surface area contributed by atoms with Crippen LogP contribution in [0.2, 0.25) is 0 Å². The van der Waals surface area contributed by atoms with Gasteiger partial charge >= 0.3 is 0 Å². The Hall–Kier alpha value is -4.47. The number of rotatable bonds is 6. The van der Waals surface area contributed by atoms with Gasteiger partial charge in [0.15, 0.2) is 0 Å². The number of aromatic nitrogens is 2. The fraction of sp³-hybridized carbons (Fsp3) is 0.343. The number of carbonyl (C=O) groups excluding carboxylic acids is 1. The molecular formula is C35H39N5O4. The Morgan fingerprint density at radius 3 is 2.48 bits per heavy atom. The molecular weight excluding hydrogens is 554 g/mol. The summed E-state index contributed by atoms with van der Waals surface area (Å²) in [5.41, 5.74) is 6.92. The lowest BCUT2D eigenvalue weighted by Crippen LogP contribution is -2.38. The Balaban J connectivity index is 1.30. The summed E-state index contributed by atoms with van der Waals surface area (Å²) in [5.74, 6) is 0.479. The van der Waals surface area contributed by atoms with E-state index in [1.54, 1.807) is 30.4 Å². The minimum Gasteiger partial charge on any atom is -0.392 e. The van der Waals surface area contributed by atoms with Crippen LogP contribution in [0.1, 0.15) is 47.8 Å². The molecule has 0 bridgehead atoms. The summed E-state index contributed by atoms with van der Waals surface area (Å²) in [5, 5.41) is 13.8. The summed E-state index contributed by atoms with van der Waals surface area (Å²) in [4.78, 5) is 35.4. The van der Waals surface area contributed by atoms with Crippen molar-refractivity contribution in [3.63, 3.8) is 0 Å². The maximum Gasteiger partial charge on any atom is 0.274 e. The van der Waals surface area contributed by atoms with Gasteiger partial charge in [-0.05, 0) is 58.9 Å². The Kier molecular flexibility index (Phi) is 8.00. The van der Waals surface area contributed by atoms with Crippen LogP contribution in [-0.2, 0) is 30.2 Å². The highest BCUT2D eigenvalue weighted by Crippen LogP contribution is 2.36. The zero-order valence-corrected chi connectivity index (χ0v) is 25.8. The van der Waals surface area contributed by atoms with Gasteiger partial charge in [0.2, 0.25) is 0 Å². The van der Waals surface area contributed by atoms with Gasteiger partial charge in [0.25, 0.3) is 11.5 Å². The summed E-state index contributed by atoms with van der Waals surface area (Å²) >= 11 is 0. The van der Waals surface area contributed by atoms with Gasteiger partial charge in [0.1, 0.15) is 11.5 Å². The molecule has 2 aliphatic rings. The van der Waals surface area contributed by atoms with E-state index in [-0.39, 0.29) is 23.5 Å². The van der Waals surface area contributed by atoms with Crippen molar-refractivity contribution in [1.82, 2.24) is 9.55 Å². The lowest BCUT2D eigenvalue weighted by molar-refractivity contribution is 0.0980. The van der Waals surface area contributed by atoms with Gasteiger partial charge in [-0.3, -0.25) is 9.59 Å². The van der Waals surface area contributed by atoms with Gasteiger partial charge in [0.05, 0.1) is 37.4 Å². The van der Waals surface area contributed by atoms with E-state index in [2.05, 4.69) is 42.0 Å². The van der Waals surface area contributed by atoms with Gasteiger partial charge in [-0.1, -0.05) is 45.0 Å². The highest BCUT2D eigenvalue weighted by atomic mass is 16.5. The van der Waals surface area contributed by atoms with E-state index >= 15 is 0 Å². The lowest BCUT2D eigenvalue weighted by atomic mass is 9.84. The largest absolute Gasteiger partial charge is 0.392 e. The maximum absolute atomic E-state index is 13.7. The predicted molar refractivity (Wildman–Crippen MR) is 174 cm³/mol. The molecule has 228 valence electrons. The minimum absolute atomic E-state index is 0.000476. The van der Waals surface area contributed by atoms with Crippen LogP contribution >= 0.6 is 0 Å². The predicted octanol–water partition coefficient (Wildman–Crippen LogP) is 5.02. The first-order chi connectivity index (χ1) is 21.1. The molecule has 44 heavy (non-hydrogen) atoms. The molecule has 4 heterocycles. The number of fused-ring (bicyclic) bond motifs is 1. The van der Waals surface area contributed by atoms with E-state index in [0.29, 0.717) is 48.1 Å². The number of ether oxygens (including phenoxy) is 1. The molecule has 0 aliphatic carbocycles. The number of aliphatic hydroxyl groups is 1. The molecule has 0 spiro atoms. The van der Waals surface area contributed by atoms with E-state index in [0.717, 1.165) is 41.9 Å². The molecule has 9 nitrogen and oxygen atoms in total. The van der Waals surface area contributed by atoms with Crippen molar-refractivity contribution in [1.29, 1.82) is 0 Å². The highest BCUT2D eigenvalue weighted by molar-refractivity contribution is 6.09. The molecule has 2 N–H and O–H groups in total. The van der Waals surface area contributed by atoms with Crippen molar-refractivity contribution < 1.29 is 14.6 Å². The van der Waals surface area contributed by atoms with Gasteiger partial charge in [-0.2, -0.15) is 0 Å². The fourth-order valence-corrected chi connectivity index (χ4v) is 6.00. The van der Waals surface area contributed by atoms with Crippen LogP contribution in [-0.4, -0.2) is 53.4 Å². The number of aliphatic hydroxyl groups excluding tert-OH is 1. The monoisotopic (exact) mass is 593 g/mol. The molecule has 2 aromatic heterocycles. The topological polar surface area (TPSA) is 99.9 Å². The number of nitrogens with one attached hydrogen (secondary N) is 1. The van der Waals surface area contributed by atoms with E-state index < -0.39 is 0 Å². The van der Waals surface area contributed by atoms with Gasteiger partial charge in [0, 0.05) is 49.6 Å². The van der Waals surface area contributed by atoms with E-state index in [4.69, 9.17) is 4.74 Å². The van der Waals surface area contributed by atoms with Crippen molar-refractivity contribution >= 4 is 28.8 Å². The Bertz CT molecular complexity index is 1750. The van der Waals surface area contributed by atoms with Gasteiger partial charge in [-0.15, -0.1) is 0 Å². The highest BCUT2D eigenvalue weighted by Gasteiger charge is 2.29. The number of anilines is 4. The van der Waals surface area contributed by atoms with E-state index in [1.807, 2.05) is 42.5 Å². The Morgan fingerprint density at radius 2 is 1.77 bits per heavy atom. The molecule has 0 saturated carbocycles. The minimum atomic E-state index is -0.263. The van der Waals surface area contributed by atoms with Crippen LogP contribution in [0.3, 0.4) is 0 Å². The van der Waals surface area contributed by atoms with Gasteiger partial charge < -0.3 is 29.5 Å². The summed E-state index contributed by atoms with van der Waals surface area (Å²) in [6.45, 7) is 9.78. The quantitative estimate of drug-likeness (QED) is 0.324. The van der Waals surface area contributed by atoms with Crippen LogP contribution in [0.5, 0.6) is 0 Å². The molecule has 4 aromatic rings. The van der Waals surface area contributed by atoms with Crippen molar-refractivity contribution in [2.45, 2.75) is 39.2 Å². The molecule has 0 atom stereocenters. The average molecular weight is 594 g/mol. The van der Waals surface area contributed by atoms with E-state index in [9.17, 15) is 14.7 Å². The number of morpholine rings is 1. The molecule has 1 amide bonds. The first kappa shape index (κ1) is 29.6. The third-order valence-corrected chi connectivity index (χ3v) is 8.53. The Morgan fingerprint density at radius 1 is 0.977 bits per heavy atom. The van der Waals surface area contributed by atoms with Crippen LogP contribution in [0.15, 0.2) is 71.8 Å². The number of pyridine rings is 2. The fourth-order valence-electron chi connectivity index (χ4n) is 6.00. The number of amides is 1. The SMILES string of the molecule is Cn1cc(-c2cccc(N3CCc4cc(C(C)(C)C)ccc4C3=O)c2CO)cc(Nc2ccc(N3CCOCC3)cn2)c1=O. The van der Waals surface area contributed by atoms with Crippen LogP contribution in [0.4, 0.5) is 22.9 Å². The van der Waals surface area contributed by atoms with Crippen molar-refractivity contribution in [3.05, 3.63) is 99.6 Å². The number of aryl methyl sites for hydroxylation is 1. The van der Waals surface area contributed by atoms with Crippen molar-refractivity contribution in [2.75, 3.05) is 48.0 Å². The van der Waals surface area contributed by atoms with Crippen LogP contribution in [0, 0.1) is 0 Å². The zero-order valence-electron chi connectivity index (χ0n) is 25.8. The summed E-state index contributed by atoms with van der Waals surface area (Å²) in [7, 11) is 1.70. The average Bonchev–Trinajstić information content (AvgIpc) is 3.03. The van der Waals surface area contributed by atoms with Crippen molar-refractivity contribution in [2.24, 2.45) is 7.05 Å². The van der Waals surface area contributed by atoms with Crippen LogP contribution < -0.4 is 20.7 Å². The van der Waals surface area contributed by atoms with Gasteiger partial charge in [-0.25, -0.2) is 4.98 Å². The first-order valence-corrected chi connectivity index (χ1v) is 15.1. The second-order valence-corrected chi connectivity index (χ2v) is 12.5. The summed E-state index contributed by atoms with van der Waals surface area (Å²) in [6, 6.07) is 17.4. The zero-order chi connectivity index (χ0) is 31.0. The third-order valence-electron chi connectivity index (χ3n) is 8.53. The molecule has 0 unspecified atom stereocenters. The van der Waals surface area contributed by atoms with E-state index in [1.165, 1.54) is 10.1 Å². The second-order valence-electron chi connectivity index (χ2n) is 12.5. The summed E-state index contributed by atoms with van der Waals surface area (Å²) < 4.78 is 6.96. The smallest absolute Gasteiger partial charge is 0.274 e. The standard InChI is InChI=1S/C35H39N5O4/c1-35(2,3)25-8-10-28-23(18-25)12-13-40(33(28)42)31-7-5-6-27(29(31)22-41)24-19-30(34(43)38(4)21-24)37-32-11-9-26(20-36-32)39-14-16-44-17-15-39/h5-11,18-21,41H,12-17,22H2,1-4H3,(H,36,37). The normalized spacial score (nSPS) is 15.3. The summed E-state index contributed by atoms with van der Waals surface area (Å²) in [6.07, 6.45) is 4.28. The molecule has 2 aliphatic heterocycles. The lowest BCUT2D eigenvalue weighted by Gasteiger charge is -2.32. The van der Waals surface area contributed by atoms with Crippen molar-refractivity contribution in [3.8, 4) is 11.1 Å². The Labute approximate surface area is 257 Å². The maximum atomic E-state index is 13.7. The number of nitrogens with zero attached hydrogens (tertiary/aromatic N) is 4. The molecule has 9 heteroatoms. The number of benzene rings is 2. The third kappa shape index (κ3) is 5.73.